The zero-order valence-electron chi connectivity index (χ0n) is 14.1. The first-order chi connectivity index (χ1) is 10.7. The third-order valence-electron chi connectivity index (χ3n) is 5.50. The van der Waals surface area contributed by atoms with Crippen LogP contribution in [-0.2, 0) is 4.74 Å². The van der Waals surface area contributed by atoms with Gasteiger partial charge in [-0.1, -0.05) is 48.9 Å². The number of hydrogen-bond acceptors (Lipinski definition) is 1. The minimum atomic E-state index is 0.381. The number of rotatable bonds is 4. The third kappa shape index (κ3) is 4.23. The van der Waals surface area contributed by atoms with Crippen LogP contribution in [0.25, 0.3) is 0 Å². The van der Waals surface area contributed by atoms with Gasteiger partial charge in [0, 0.05) is 0 Å². The summed E-state index contributed by atoms with van der Waals surface area (Å²) in [6.45, 7) is 5.42. The van der Waals surface area contributed by atoms with Crippen molar-refractivity contribution in [1.82, 2.24) is 0 Å². The van der Waals surface area contributed by atoms with Crippen molar-refractivity contribution in [3.63, 3.8) is 0 Å². The SMILES string of the molecule is Cc1ccc(C2CCC(COC3C=CC(C)CC3)CC2)cc1. The summed E-state index contributed by atoms with van der Waals surface area (Å²) >= 11 is 0. The molecule has 0 aliphatic heterocycles. The highest BCUT2D eigenvalue weighted by atomic mass is 16.5. The molecule has 1 heteroatoms. The second kappa shape index (κ2) is 7.46. The number of ether oxygens (including phenoxy) is 1. The van der Waals surface area contributed by atoms with E-state index >= 15 is 0 Å². The van der Waals surface area contributed by atoms with Crippen molar-refractivity contribution in [3.8, 4) is 0 Å². The quantitative estimate of drug-likeness (QED) is 0.654. The molecule has 1 fully saturated rings. The first-order valence-electron chi connectivity index (χ1n) is 9.07. The van der Waals surface area contributed by atoms with Crippen LogP contribution in [0.4, 0.5) is 0 Å². The van der Waals surface area contributed by atoms with Gasteiger partial charge in [0.1, 0.15) is 0 Å². The Hall–Kier alpha value is -1.08. The van der Waals surface area contributed by atoms with Crippen molar-refractivity contribution >= 4 is 0 Å². The van der Waals surface area contributed by atoms with Crippen molar-refractivity contribution in [3.05, 3.63) is 47.5 Å². The van der Waals surface area contributed by atoms with Gasteiger partial charge in [-0.25, -0.2) is 0 Å². The van der Waals surface area contributed by atoms with E-state index < -0.39 is 0 Å². The van der Waals surface area contributed by atoms with Gasteiger partial charge in [0.25, 0.3) is 0 Å². The predicted octanol–water partition coefficient (Wildman–Crippen LogP) is 5.64. The Morgan fingerprint density at radius 2 is 1.64 bits per heavy atom. The molecule has 120 valence electrons. The van der Waals surface area contributed by atoms with Crippen LogP contribution < -0.4 is 0 Å². The van der Waals surface area contributed by atoms with Crippen LogP contribution in [0.5, 0.6) is 0 Å². The molecule has 2 unspecified atom stereocenters. The maximum atomic E-state index is 6.14. The number of benzene rings is 1. The molecule has 1 nitrogen and oxygen atoms in total. The molecule has 2 atom stereocenters. The molecule has 0 amide bonds. The molecule has 0 N–H and O–H groups in total. The van der Waals surface area contributed by atoms with E-state index in [4.69, 9.17) is 4.74 Å². The van der Waals surface area contributed by atoms with Crippen LogP contribution in [0.1, 0.15) is 62.5 Å². The fraction of sp³-hybridized carbons (Fsp3) is 0.619. The van der Waals surface area contributed by atoms with Gasteiger partial charge >= 0.3 is 0 Å². The fourth-order valence-corrected chi connectivity index (χ4v) is 3.83. The van der Waals surface area contributed by atoms with Crippen LogP contribution in [0.2, 0.25) is 0 Å². The summed E-state index contributed by atoms with van der Waals surface area (Å²) in [5, 5.41) is 0. The van der Waals surface area contributed by atoms with Gasteiger partial charge in [-0.15, -0.1) is 0 Å². The molecular formula is C21H30O. The van der Waals surface area contributed by atoms with Crippen molar-refractivity contribution in [2.24, 2.45) is 11.8 Å². The van der Waals surface area contributed by atoms with E-state index in [1.54, 1.807) is 0 Å². The van der Waals surface area contributed by atoms with E-state index in [-0.39, 0.29) is 0 Å². The molecule has 0 heterocycles. The van der Waals surface area contributed by atoms with E-state index in [9.17, 15) is 0 Å². The van der Waals surface area contributed by atoms with Gasteiger partial charge in [0.15, 0.2) is 0 Å². The Labute approximate surface area is 135 Å². The van der Waals surface area contributed by atoms with Crippen molar-refractivity contribution in [2.45, 2.75) is 64.4 Å². The Bertz CT molecular complexity index is 479. The minimum absolute atomic E-state index is 0.381. The standard InChI is InChI=1S/C21H30O/c1-16-3-9-19(10-4-16)20-11-7-18(8-12-20)15-22-21-13-5-17(2)6-14-21/h3-5,9-10,13,17-18,20-21H,6-8,11-12,14-15H2,1-2H3. The zero-order valence-corrected chi connectivity index (χ0v) is 14.1. The van der Waals surface area contributed by atoms with Crippen LogP contribution in [0.3, 0.4) is 0 Å². The zero-order chi connectivity index (χ0) is 15.4. The fourth-order valence-electron chi connectivity index (χ4n) is 3.83. The Kier molecular flexibility index (Phi) is 5.36. The lowest BCUT2D eigenvalue weighted by Crippen LogP contribution is -2.22. The lowest BCUT2D eigenvalue weighted by molar-refractivity contribution is 0.0354. The Morgan fingerprint density at radius 1 is 0.909 bits per heavy atom. The van der Waals surface area contributed by atoms with E-state index in [1.807, 2.05) is 0 Å². The topological polar surface area (TPSA) is 9.23 Å². The summed E-state index contributed by atoms with van der Waals surface area (Å²) in [6.07, 6.45) is 12.8. The minimum Gasteiger partial charge on any atom is -0.374 e. The maximum absolute atomic E-state index is 6.14. The van der Waals surface area contributed by atoms with Gasteiger partial charge in [-0.05, 0) is 68.8 Å². The van der Waals surface area contributed by atoms with Crippen molar-refractivity contribution < 1.29 is 4.74 Å². The Morgan fingerprint density at radius 3 is 2.27 bits per heavy atom. The highest BCUT2D eigenvalue weighted by Crippen LogP contribution is 2.36. The molecule has 1 aromatic rings. The van der Waals surface area contributed by atoms with Gasteiger partial charge in [-0.3, -0.25) is 0 Å². The maximum Gasteiger partial charge on any atom is 0.0756 e. The summed E-state index contributed by atoms with van der Waals surface area (Å²) in [4.78, 5) is 0. The molecule has 22 heavy (non-hydrogen) atoms. The second-order valence-corrected chi connectivity index (χ2v) is 7.44. The molecule has 0 radical (unpaired) electrons. The molecule has 1 aromatic carbocycles. The smallest absolute Gasteiger partial charge is 0.0756 e. The average Bonchev–Trinajstić information content (AvgIpc) is 2.56. The van der Waals surface area contributed by atoms with Crippen LogP contribution in [0, 0.1) is 18.8 Å². The largest absolute Gasteiger partial charge is 0.374 e. The van der Waals surface area contributed by atoms with E-state index in [2.05, 4.69) is 50.3 Å². The lowest BCUT2D eigenvalue weighted by atomic mass is 9.79. The van der Waals surface area contributed by atoms with Crippen molar-refractivity contribution in [1.29, 1.82) is 0 Å². The summed E-state index contributed by atoms with van der Waals surface area (Å²) < 4.78 is 6.14. The first kappa shape index (κ1) is 15.8. The molecule has 0 bridgehead atoms. The lowest BCUT2D eigenvalue weighted by Gasteiger charge is -2.30. The molecule has 2 aliphatic carbocycles. The number of aryl methyl sites for hydroxylation is 1. The third-order valence-corrected chi connectivity index (χ3v) is 5.50. The molecule has 0 saturated heterocycles. The monoisotopic (exact) mass is 298 g/mol. The van der Waals surface area contributed by atoms with E-state index in [1.165, 1.54) is 49.7 Å². The van der Waals surface area contributed by atoms with Crippen LogP contribution in [0.15, 0.2) is 36.4 Å². The number of allylic oxidation sites excluding steroid dienone is 1. The summed E-state index contributed by atoms with van der Waals surface area (Å²) in [5.41, 5.74) is 2.90. The van der Waals surface area contributed by atoms with Gasteiger partial charge in [-0.2, -0.15) is 0 Å². The molecule has 2 aliphatic rings. The van der Waals surface area contributed by atoms with Crippen LogP contribution in [-0.4, -0.2) is 12.7 Å². The molecular weight excluding hydrogens is 268 g/mol. The van der Waals surface area contributed by atoms with Gasteiger partial charge < -0.3 is 4.74 Å². The van der Waals surface area contributed by atoms with E-state index in [0.717, 1.165) is 24.4 Å². The summed E-state index contributed by atoms with van der Waals surface area (Å²) in [7, 11) is 0. The number of hydrogen-bond donors (Lipinski definition) is 0. The summed E-state index contributed by atoms with van der Waals surface area (Å²) in [5.74, 6) is 2.28. The van der Waals surface area contributed by atoms with Gasteiger partial charge in [0.05, 0.1) is 12.7 Å². The van der Waals surface area contributed by atoms with Crippen molar-refractivity contribution in [2.75, 3.05) is 6.61 Å². The molecule has 0 spiro atoms. The Balaban J connectivity index is 1.42. The second-order valence-electron chi connectivity index (χ2n) is 7.44. The highest BCUT2D eigenvalue weighted by molar-refractivity contribution is 5.24. The first-order valence-corrected chi connectivity index (χ1v) is 9.07. The molecule has 3 rings (SSSR count). The average molecular weight is 298 g/mol. The predicted molar refractivity (Wildman–Crippen MR) is 93.2 cm³/mol. The normalized spacial score (nSPS) is 32.1. The molecule has 0 aromatic heterocycles. The van der Waals surface area contributed by atoms with Crippen LogP contribution >= 0.6 is 0 Å². The van der Waals surface area contributed by atoms with Gasteiger partial charge in [0.2, 0.25) is 0 Å². The van der Waals surface area contributed by atoms with E-state index in [0.29, 0.717) is 6.10 Å². The highest BCUT2D eigenvalue weighted by Gasteiger charge is 2.23. The summed E-state index contributed by atoms with van der Waals surface area (Å²) in [6, 6.07) is 9.15. The molecule has 1 saturated carbocycles.